The minimum Gasteiger partial charge on any atom is -0.452 e. The van der Waals surface area contributed by atoms with E-state index in [1.807, 2.05) is 84.9 Å². The minimum absolute atomic E-state index is 0.243. The van der Waals surface area contributed by atoms with E-state index >= 15 is 0 Å². The van der Waals surface area contributed by atoms with Crippen molar-refractivity contribution < 1.29 is 14.3 Å². The first kappa shape index (κ1) is 22.9. The summed E-state index contributed by atoms with van der Waals surface area (Å²) < 4.78 is 5.22. The van der Waals surface area contributed by atoms with E-state index < -0.39 is 5.97 Å². The van der Waals surface area contributed by atoms with Crippen LogP contribution in [-0.2, 0) is 27.3 Å². The van der Waals surface area contributed by atoms with Gasteiger partial charge in [0.1, 0.15) is 0 Å². The lowest BCUT2D eigenvalue weighted by atomic mass is 10.1. The second-order valence-corrected chi connectivity index (χ2v) is 7.76. The zero-order chi connectivity index (χ0) is 23.6. The standard InChI is InChI=1S/C28H25N3O3/c32-27(21-34-28(33)16-15-24-19-29-25-13-7-8-14-26(25)30-24)31(20-23-11-5-2-6-12-23)18-17-22-9-3-1-4-10-22/h1-16,19H,17-18,20-21H2/b16-15+. The number of benzene rings is 3. The molecule has 1 amide bonds. The van der Waals surface area contributed by atoms with Crippen molar-refractivity contribution in [3.8, 4) is 0 Å². The van der Waals surface area contributed by atoms with Crippen LogP contribution in [0.1, 0.15) is 16.8 Å². The molecule has 0 spiro atoms. The van der Waals surface area contributed by atoms with E-state index in [0.717, 1.165) is 22.2 Å². The molecule has 6 nitrogen and oxygen atoms in total. The van der Waals surface area contributed by atoms with Gasteiger partial charge in [-0.2, -0.15) is 0 Å². The van der Waals surface area contributed by atoms with Crippen molar-refractivity contribution in [1.29, 1.82) is 0 Å². The third-order valence-electron chi connectivity index (χ3n) is 5.28. The maximum Gasteiger partial charge on any atom is 0.331 e. The van der Waals surface area contributed by atoms with Crippen molar-refractivity contribution in [2.45, 2.75) is 13.0 Å². The highest BCUT2D eigenvalue weighted by molar-refractivity contribution is 5.89. The number of rotatable bonds is 9. The summed E-state index contributed by atoms with van der Waals surface area (Å²) in [6.07, 6.45) is 5.09. The molecule has 0 unspecified atom stereocenters. The van der Waals surface area contributed by atoms with Gasteiger partial charge in [0.2, 0.25) is 0 Å². The second kappa shape index (κ2) is 11.5. The SMILES string of the molecule is O=C(/C=C/c1cnc2ccccc2n1)OCC(=O)N(CCc1ccccc1)Cc1ccccc1. The first-order valence-electron chi connectivity index (χ1n) is 11.1. The summed E-state index contributed by atoms with van der Waals surface area (Å²) in [6, 6.07) is 27.3. The van der Waals surface area contributed by atoms with Gasteiger partial charge in [-0.3, -0.25) is 9.78 Å². The molecule has 0 saturated carbocycles. The van der Waals surface area contributed by atoms with Gasteiger partial charge in [-0.05, 0) is 35.8 Å². The Kier molecular flexibility index (Phi) is 7.74. The van der Waals surface area contributed by atoms with Crippen molar-refractivity contribution in [1.82, 2.24) is 14.9 Å². The van der Waals surface area contributed by atoms with Crippen LogP contribution in [0.3, 0.4) is 0 Å². The lowest BCUT2D eigenvalue weighted by Crippen LogP contribution is -2.35. The average molecular weight is 452 g/mol. The Labute approximate surface area is 198 Å². The quantitative estimate of drug-likeness (QED) is 0.278. The van der Waals surface area contributed by atoms with Gasteiger partial charge in [0.05, 0.1) is 22.9 Å². The fraction of sp³-hybridized carbons (Fsp3) is 0.143. The summed E-state index contributed by atoms with van der Waals surface area (Å²) >= 11 is 0. The van der Waals surface area contributed by atoms with E-state index in [1.165, 1.54) is 12.2 Å². The predicted octanol–water partition coefficient (Wildman–Crippen LogP) is 4.46. The maximum atomic E-state index is 12.9. The van der Waals surface area contributed by atoms with E-state index in [0.29, 0.717) is 25.2 Å². The minimum atomic E-state index is -0.606. The number of hydrogen-bond acceptors (Lipinski definition) is 5. The van der Waals surface area contributed by atoms with Gasteiger partial charge in [-0.25, -0.2) is 9.78 Å². The third kappa shape index (κ3) is 6.59. The van der Waals surface area contributed by atoms with Crippen LogP contribution in [0.2, 0.25) is 0 Å². The van der Waals surface area contributed by atoms with E-state index in [1.54, 1.807) is 11.1 Å². The first-order chi connectivity index (χ1) is 16.7. The molecular formula is C28H25N3O3. The number of nitrogens with zero attached hydrogens (tertiary/aromatic N) is 3. The van der Waals surface area contributed by atoms with Crippen molar-refractivity contribution in [2.24, 2.45) is 0 Å². The Morgan fingerprint density at radius 1 is 0.824 bits per heavy atom. The monoisotopic (exact) mass is 451 g/mol. The smallest absolute Gasteiger partial charge is 0.331 e. The molecule has 0 atom stereocenters. The van der Waals surface area contributed by atoms with Crippen molar-refractivity contribution in [3.63, 3.8) is 0 Å². The summed E-state index contributed by atoms with van der Waals surface area (Å²) in [5.74, 6) is -0.849. The summed E-state index contributed by atoms with van der Waals surface area (Å²) in [7, 11) is 0. The number of fused-ring (bicyclic) bond motifs is 1. The number of ether oxygens (including phenoxy) is 1. The maximum absolute atomic E-state index is 12.9. The zero-order valence-corrected chi connectivity index (χ0v) is 18.7. The molecule has 0 saturated heterocycles. The largest absolute Gasteiger partial charge is 0.452 e. The van der Waals surface area contributed by atoms with Crippen molar-refractivity contribution in [2.75, 3.05) is 13.2 Å². The summed E-state index contributed by atoms with van der Waals surface area (Å²) in [5, 5.41) is 0. The molecule has 6 heteroatoms. The highest BCUT2D eigenvalue weighted by atomic mass is 16.5. The Morgan fingerprint density at radius 2 is 1.47 bits per heavy atom. The van der Waals surface area contributed by atoms with Crippen LogP contribution < -0.4 is 0 Å². The number of esters is 1. The van der Waals surface area contributed by atoms with Crippen LogP contribution in [0.5, 0.6) is 0 Å². The number of amides is 1. The molecule has 0 fully saturated rings. The van der Waals surface area contributed by atoms with E-state index in [4.69, 9.17) is 4.74 Å². The number of carbonyl (C=O) groups excluding carboxylic acids is 2. The van der Waals surface area contributed by atoms with E-state index in [9.17, 15) is 9.59 Å². The number of aromatic nitrogens is 2. The van der Waals surface area contributed by atoms with Crippen LogP contribution in [-0.4, -0.2) is 39.9 Å². The fourth-order valence-corrected chi connectivity index (χ4v) is 3.48. The fourth-order valence-electron chi connectivity index (χ4n) is 3.48. The molecule has 0 aliphatic carbocycles. The van der Waals surface area contributed by atoms with Crippen molar-refractivity contribution >= 4 is 29.0 Å². The van der Waals surface area contributed by atoms with Crippen LogP contribution in [0, 0.1) is 0 Å². The van der Waals surface area contributed by atoms with Gasteiger partial charge >= 0.3 is 5.97 Å². The average Bonchev–Trinajstić information content (AvgIpc) is 2.89. The molecular weight excluding hydrogens is 426 g/mol. The van der Waals surface area contributed by atoms with Crippen LogP contribution >= 0.6 is 0 Å². The number of hydrogen-bond donors (Lipinski definition) is 0. The lowest BCUT2D eigenvalue weighted by molar-refractivity contribution is -0.148. The van der Waals surface area contributed by atoms with Gasteiger partial charge in [-0.15, -0.1) is 0 Å². The molecule has 0 aliphatic heterocycles. The molecule has 170 valence electrons. The molecule has 0 aliphatic rings. The van der Waals surface area contributed by atoms with E-state index in [-0.39, 0.29) is 12.5 Å². The Morgan fingerprint density at radius 3 is 2.21 bits per heavy atom. The van der Waals surface area contributed by atoms with Crippen molar-refractivity contribution in [3.05, 3.63) is 114 Å². The van der Waals surface area contributed by atoms with Gasteiger partial charge < -0.3 is 9.64 Å². The van der Waals surface area contributed by atoms with E-state index in [2.05, 4.69) is 9.97 Å². The molecule has 1 aromatic heterocycles. The molecule has 34 heavy (non-hydrogen) atoms. The third-order valence-corrected chi connectivity index (χ3v) is 5.28. The van der Waals surface area contributed by atoms with Gasteiger partial charge in [0.15, 0.2) is 6.61 Å². The Bertz CT molecular complexity index is 1270. The molecule has 0 bridgehead atoms. The number of carbonyl (C=O) groups is 2. The summed E-state index contributed by atoms with van der Waals surface area (Å²) in [6.45, 7) is 0.651. The molecule has 1 heterocycles. The van der Waals surface area contributed by atoms with Gasteiger partial charge in [0.25, 0.3) is 5.91 Å². The molecule has 4 rings (SSSR count). The normalized spacial score (nSPS) is 10.9. The highest BCUT2D eigenvalue weighted by Crippen LogP contribution is 2.10. The molecule has 3 aromatic carbocycles. The predicted molar refractivity (Wildman–Crippen MR) is 132 cm³/mol. The number of para-hydroxylation sites is 2. The highest BCUT2D eigenvalue weighted by Gasteiger charge is 2.16. The Balaban J connectivity index is 1.35. The Hall–Kier alpha value is -4.32. The summed E-state index contributed by atoms with van der Waals surface area (Å²) in [5.41, 5.74) is 4.22. The topological polar surface area (TPSA) is 72.4 Å². The molecule has 0 N–H and O–H groups in total. The first-order valence-corrected chi connectivity index (χ1v) is 11.1. The van der Waals surface area contributed by atoms with Gasteiger partial charge in [-0.1, -0.05) is 72.8 Å². The molecule has 0 radical (unpaired) electrons. The van der Waals surface area contributed by atoms with Crippen LogP contribution in [0.25, 0.3) is 17.1 Å². The molecule has 4 aromatic rings. The van der Waals surface area contributed by atoms with Crippen LogP contribution in [0.4, 0.5) is 0 Å². The van der Waals surface area contributed by atoms with Gasteiger partial charge in [0, 0.05) is 19.2 Å². The lowest BCUT2D eigenvalue weighted by Gasteiger charge is -2.23. The zero-order valence-electron chi connectivity index (χ0n) is 18.7. The summed E-state index contributed by atoms with van der Waals surface area (Å²) in [4.78, 5) is 35.6. The second-order valence-electron chi connectivity index (χ2n) is 7.76. The van der Waals surface area contributed by atoms with Crippen LogP contribution in [0.15, 0.2) is 97.2 Å².